The van der Waals surface area contributed by atoms with E-state index in [-0.39, 0.29) is 5.92 Å². The fourth-order valence-corrected chi connectivity index (χ4v) is 3.21. The Morgan fingerprint density at radius 2 is 1.89 bits per heavy atom. The van der Waals surface area contributed by atoms with Gasteiger partial charge in [0.05, 0.1) is 5.56 Å². The molecule has 0 saturated heterocycles. The first kappa shape index (κ1) is 14.4. The van der Waals surface area contributed by atoms with Gasteiger partial charge in [-0.2, -0.15) is 13.2 Å². The summed E-state index contributed by atoms with van der Waals surface area (Å²) in [6.45, 7) is 4.95. The fraction of sp³-hybridized carbons (Fsp3) is 0.600. The van der Waals surface area contributed by atoms with Crippen LogP contribution in [0.3, 0.4) is 0 Å². The Balaban J connectivity index is 2.24. The van der Waals surface area contributed by atoms with E-state index in [1.807, 2.05) is 6.92 Å². The Labute approximate surface area is 112 Å². The van der Waals surface area contributed by atoms with E-state index in [9.17, 15) is 13.2 Å². The van der Waals surface area contributed by atoms with Gasteiger partial charge >= 0.3 is 6.18 Å². The first-order valence-corrected chi connectivity index (χ1v) is 6.88. The van der Waals surface area contributed by atoms with Crippen molar-refractivity contribution in [1.82, 2.24) is 5.32 Å². The second kappa shape index (κ2) is 5.53. The number of alkyl halides is 3. The van der Waals surface area contributed by atoms with E-state index >= 15 is 0 Å². The quantitative estimate of drug-likeness (QED) is 0.865. The molecule has 1 aliphatic carbocycles. The van der Waals surface area contributed by atoms with Gasteiger partial charge in [0.1, 0.15) is 0 Å². The summed E-state index contributed by atoms with van der Waals surface area (Å²) in [7, 11) is 0. The summed E-state index contributed by atoms with van der Waals surface area (Å²) in [5.74, 6) is 0.343. The molecule has 0 amide bonds. The monoisotopic (exact) mass is 271 g/mol. The summed E-state index contributed by atoms with van der Waals surface area (Å²) in [5.41, 5.74) is 0.00408. The SMILES string of the molecule is CCNC1CC(c2ccccc2C(F)(F)F)C1CC. The third kappa shape index (κ3) is 2.78. The van der Waals surface area contributed by atoms with Gasteiger partial charge in [0, 0.05) is 6.04 Å². The summed E-state index contributed by atoms with van der Waals surface area (Å²) >= 11 is 0. The molecule has 0 radical (unpaired) electrons. The van der Waals surface area contributed by atoms with Crippen LogP contribution in [0.5, 0.6) is 0 Å². The van der Waals surface area contributed by atoms with Crippen molar-refractivity contribution in [2.24, 2.45) is 5.92 Å². The molecule has 2 rings (SSSR count). The standard InChI is InChI=1S/C15H20F3N/c1-3-10-12(9-14(10)19-4-2)11-7-5-6-8-13(11)15(16,17)18/h5-8,10,12,14,19H,3-4,9H2,1-2H3. The van der Waals surface area contributed by atoms with E-state index in [2.05, 4.69) is 12.2 Å². The van der Waals surface area contributed by atoms with Gasteiger partial charge in [0.25, 0.3) is 0 Å². The van der Waals surface area contributed by atoms with Crippen molar-refractivity contribution in [3.63, 3.8) is 0 Å². The Morgan fingerprint density at radius 3 is 2.47 bits per heavy atom. The van der Waals surface area contributed by atoms with Crippen LogP contribution in [0.25, 0.3) is 0 Å². The lowest BCUT2D eigenvalue weighted by Crippen LogP contribution is -2.49. The maximum Gasteiger partial charge on any atom is 0.416 e. The minimum atomic E-state index is -4.25. The van der Waals surface area contributed by atoms with Crippen LogP contribution in [0.15, 0.2) is 24.3 Å². The molecule has 1 fully saturated rings. The van der Waals surface area contributed by atoms with Crippen molar-refractivity contribution < 1.29 is 13.2 Å². The van der Waals surface area contributed by atoms with Crippen molar-refractivity contribution in [1.29, 1.82) is 0 Å². The Kier molecular flexibility index (Phi) is 4.19. The summed E-state index contributed by atoms with van der Waals surface area (Å²) < 4.78 is 39.1. The number of nitrogens with one attached hydrogen (secondary N) is 1. The van der Waals surface area contributed by atoms with Gasteiger partial charge in [-0.3, -0.25) is 0 Å². The van der Waals surface area contributed by atoms with Crippen molar-refractivity contribution >= 4 is 0 Å². The maximum absolute atomic E-state index is 13.0. The molecule has 19 heavy (non-hydrogen) atoms. The van der Waals surface area contributed by atoms with Crippen molar-refractivity contribution in [3.8, 4) is 0 Å². The highest BCUT2D eigenvalue weighted by atomic mass is 19.4. The van der Waals surface area contributed by atoms with Crippen molar-refractivity contribution in [2.45, 2.75) is 44.8 Å². The maximum atomic E-state index is 13.0. The molecule has 1 saturated carbocycles. The van der Waals surface area contributed by atoms with Crippen LogP contribution in [-0.4, -0.2) is 12.6 Å². The molecule has 4 heteroatoms. The van der Waals surface area contributed by atoms with Gasteiger partial charge in [-0.15, -0.1) is 0 Å². The number of hydrogen-bond acceptors (Lipinski definition) is 1. The van der Waals surface area contributed by atoms with Crippen LogP contribution in [0.4, 0.5) is 13.2 Å². The Bertz CT molecular complexity index is 428. The number of benzene rings is 1. The third-order valence-corrected chi connectivity index (χ3v) is 4.14. The lowest BCUT2D eigenvalue weighted by molar-refractivity contribution is -0.138. The molecule has 1 N–H and O–H groups in total. The smallest absolute Gasteiger partial charge is 0.314 e. The average Bonchev–Trinajstić information content (AvgIpc) is 2.33. The molecular formula is C15H20F3N. The van der Waals surface area contributed by atoms with Gasteiger partial charge in [-0.25, -0.2) is 0 Å². The second-order valence-electron chi connectivity index (χ2n) is 5.16. The fourth-order valence-electron chi connectivity index (χ4n) is 3.21. The summed E-state index contributed by atoms with van der Waals surface area (Å²) in [6, 6.07) is 6.37. The Hall–Kier alpha value is -1.03. The van der Waals surface area contributed by atoms with E-state index in [4.69, 9.17) is 0 Å². The summed E-state index contributed by atoms with van der Waals surface area (Å²) in [6.07, 6.45) is -2.54. The predicted octanol–water partition coefficient (Wildman–Crippen LogP) is 4.20. The Morgan fingerprint density at radius 1 is 1.21 bits per heavy atom. The van der Waals surface area contributed by atoms with Gasteiger partial charge in [0.15, 0.2) is 0 Å². The predicted molar refractivity (Wildman–Crippen MR) is 70.0 cm³/mol. The van der Waals surface area contributed by atoms with E-state index in [0.717, 1.165) is 19.4 Å². The molecule has 0 bridgehead atoms. The second-order valence-corrected chi connectivity index (χ2v) is 5.16. The van der Waals surface area contributed by atoms with Crippen molar-refractivity contribution in [2.75, 3.05) is 6.54 Å². The lowest BCUT2D eigenvalue weighted by atomic mass is 9.64. The van der Waals surface area contributed by atoms with Crippen LogP contribution >= 0.6 is 0 Å². The molecule has 3 unspecified atom stereocenters. The molecular weight excluding hydrogens is 251 g/mol. The summed E-state index contributed by atoms with van der Waals surface area (Å²) in [5, 5.41) is 3.36. The van der Waals surface area contributed by atoms with Gasteiger partial charge in [-0.1, -0.05) is 38.5 Å². The van der Waals surface area contributed by atoms with E-state index in [1.54, 1.807) is 12.1 Å². The highest BCUT2D eigenvalue weighted by molar-refractivity contribution is 5.35. The van der Waals surface area contributed by atoms with Gasteiger partial charge < -0.3 is 5.32 Å². The number of hydrogen-bond donors (Lipinski definition) is 1. The van der Waals surface area contributed by atoms with E-state index < -0.39 is 11.7 Å². The minimum Gasteiger partial charge on any atom is -0.314 e. The van der Waals surface area contributed by atoms with Crippen molar-refractivity contribution in [3.05, 3.63) is 35.4 Å². The van der Waals surface area contributed by atoms with E-state index in [0.29, 0.717) is 17.5 Å². The van der Waals surface area contributed by atoms with Gasteiger partial charge in [-0.05, 0) is 36.4 Å². The molecule has 0 heterocycles. The molecule has 1 aromatic carbocycles. The number of halogens is 3. The first-order valence-electron chi connectivity index (χ1n) is 6.88. The topological polar surface area (TPSA) is 12.0 Å². The van der Waals surface area contributed by atoms with Gasteiger partial charge in [0.2, 0.25) is 0 Å². The van der Waals surface area contributed by atoms with Crippen LogP contribution in [0.1, 0.15) is 43.7 Å². The highest BCUT2D eigenvalue weighted by Crippen LogP contribution is 2.48. The molecule has 1 aromatic rings. The number of rotatable bonds is 4. The third-order valence-electron chi connectivity index (χ3n) is 4.14. The first-order chi connectivity index (χ1) is 8.99. The molecule has 106 valence electrons. The molecule has 0 aromatic heterocycles. The summed E-state index contributed by atoms with van der Waals surface area (Å²) in [4.78, 5) is 0. The zero-order valence-corrected chi connectivity index (χ0v) is 11.3. The zero-order valence-electron chi connectivity index (χ0n) is 11.3. The molecule has 0 aliphatic heterocycles. The highest BCUT2D eigenvalue weighted by Gasteiger charge is 2.44. The molecule has 1 aliphatic rings. The molecule has 1 nitrogen and oxygen atoms in total. The average molecular weight is 271 g/mol. The van der Waals surface area contributed by atoms with E-state index in [1.165, 1.54) is 12.1 Å². The zero-order chi connectivity index (χ0) is 14.0. The largest absolute Gasteiger partial charge is 0.416 e. The molecule has 3 atom stereocenters. The van der Waals surface area contributed by atoms with Crippen LogP contribution in [0.2, 0.25) is 0 Å². The van der Waals surface area contributed by atoms with Crippen LogP contribution in [0, 0.1) is 5.92 Å². The minimum absolute atomic E-state index is 0.0341. The van der Waals surface area contributed by atoms with Crippen LogP contribution in [-0.2, 0) is 6.18 Å². The van der Waals surface area contributed by atoms with Crippen LogP contribution < -0.4 is 5.32 Å². The normalized spacial score (nSPS) is 27.1. The molecule has 0 spiro atoms. The lowest BCUT2D eigenvalue weighted by Gasteiger charge is -2.46.